The molecule has 2 rings (SSSR count). The Morgan fingerprint density at radius 3 is 2.57 bits per heavy atom. The number of benzene rings is 1. The van der Waals surface area contributed by atoms with E-state index in [4.69, 9.17) is 9.47 Å². The van der Waals surface area contributed by atoms with Crippen LogP contribution in [0, 0.1) is 6.92 Å². The van der Waals surface area contributed by atoms with Gasteiger partial charge in [-0.25, -0.2) is 9.78 Å². The summed E-state index contributed by atoms with van der Waals surface area (Å²) in [5.74, 6) is -0.0426. The minimum atomic E-state index is -1.00. The lowest BCUT2D eigenvalue weighted by Gasteiger charge is -2.20. The number of aromatic carboxylic acids is 1. The average Bonchev–Trinajstić information content (AvgIpc) is 2.91. The van der Waals surface area contributed by atoms with Gasteiger partial charge >= 0.3 is 5.97 Å². The van der Waals surface area contributed by atoms with Crippen molar-refractivity contribution in [3.63, 3.8) is 0 Å². The second kappa shape index (κ2) is 7.43. The zero-order valence-electron chi connectivity index (χ0n) is 13.6. The maximum atomic E-state index is 11.6. The molecule has 7 heteroatoms. The van der Waals surface area contributed by atoms with Gasteiger partial charge in [-0.2, -0.15) is 0 Å². The maximum absolute atomic E-state index is 11.6. The van der Waals surface area contributed by atoms with Crippen molar-refractivity contribution in [1.29, 1.82) is 0 Å². The zero-order chi connectivity index (χ0) is 17.0. The number of carboxylic acid groups (broad SMARTS) is 1. The Morgan fingerprint density at radius 1 is 1.30 bits per heavy atom. The number of nitrogens with zero attached hydrogens (tertiary/aromatic N) is 2. The van der Waals surface area contributed by atoms with Crippen molar-refractivity contribution in [2.75, 3.05) is 21.3 Å². The van der Waals surface area contributed by atoms with Gasteiger partial charge in [0.25, 0.3) is 0 Å². The minimum Gasteiger partial charge on any atom is -0.497 e. The average molecular weight is 336 g/mol. The summed E-state index contributed by atoms with van der Waals surface area (Å²) in [7, 11) is 4.94. The molecule has 6 nitrogen and oxygen atoms in total. The molecule has 2 aromatic rings. The third kappa shape index (κ3) is 4.20. The molecule has 0 aliphatic rings. The van der Waals surface area contributed by atoms with Crippen LogP contribution in [0.25, 0.3) is 0 Å². The van der Waals surface area contributed by atoms with Gasteiger partial charge in [-0.1, -0.05) is 0 Å². The maximum Gasteiger partial charge on any atom is 0.336 e. The lowest BCUT2D eigenvalue weighted by Crippen LogP contribution is -2.20. The molecule has 124 valence electrons. The number of carbonyl (C=O) groups is 1. The number of aromatic nitrogens is 1. The van der Waals surface area contributed by atoms with Crippen molar-refractivity contribution in [3.8, 4) is 11.5 Å². The van der Waals surface area contributed by atoms with Gasteiger partial charge in [-0.15, -0.1) is 11.3 Å². The fourth-order valence-corrected chi connectivity index (χ4v) is 2.96. The highest BCUT2D eigenvalue weighted by molar-refractivity contribution is 7.09. The number of hydrogen-bond acceptors (Lipinski definition) is 6. The van der Waals surface area contributed by atoms with Crippen LogP contribution in [0.5, 0.6) is 11.5 Å². The topological polar surface area (TPSA) is 71.9 Å². The van der Waals surface area contributed by atoms with E-state index in [2.05, 4.69) is 4.98 Å². The van der Waals surface area contributed by atoms with Crippen LogP contribution >= 0.6 is 11.3 Å². The van der Waals surface area contributed by atoms with Crippen molar-refractivity contribution in [2.24, 2.45) is 0 Å². The van der Waals surface area contributed by atoms with Crippen LogP contribution in [0.3, 0.4) is 0 Å². The Bertz CT molecular complexity index is 699. The van der Waals surface area contributed by atoms with Crippen LogP contribution in [0.2, 0.25) is 0 Å². The van der Waals surface area contributed by atoms with Crippen molar-refractivity contribution in [1.82, 2.24) is 9.88 Å². The summed E-state index contributed by atoms with van der Waals surface area (Å²) < 4.78 is 10.5. The quantitative estimate of drug-likeness (QED) is 0.838. The molecule has 0 saturated carbocycles. The second-order valence-corrected chi connectivity index (χ2v) is 6.25. The molecule has 1 N–H and O–H groups in total. The van der Waals surface area contributed by atoms with Crippen molar-refractivity contribution in [2.45, 2.75) is 20.0 Å². The summed E-state index contributed by atoms with van der Waals surface area (Å²) in [4.78, 5) is 18.0. The molecule has 0 atom stereocenters. The molecule has 0 aliphatic heterocycles. The first-order valence-corrected chi connectivity index (χ1v) is 7.90. The molecular weight excluding hydrogens is 316 g/mol. The normalized spacial score (nSPS) is 10.8. The summed E-state index contributed by atoms with van der Waals surface area (Å²) in [5.41, 5.74) is 1.78. The molecule has 0 fully saturated rings. The van der Waals surface area contributed by atoms with Gasteiger partial charge in [0.05, 0.1) is 30.5 Å². The summed E-state index contributed by atoms with van der Waals surface area (Å²) >= 11 is 1.60. The lowest BCUT2D eigenvalue weighted by molar-refractivity contribution is 0.0693. The van der Waals surface area contributed by atoms with Gasteiger partial charge in [0.15, 0.2) is 0 Å². The minimum absolute atomic E-state index is 0.183. The number of carboxylic acids is 1. The Balaban J connectivity index is 2.28. The Labute approximate surface area is 139 Å². The van der Waals surface area contributed by atoms with E-state index in [0.29, 0.717) is 30.2 Å². The molecule has 23 heavy (non-hydrogen) atoms. The summed E-state index contributed by atoms with van der Waals surface area (Å²) in [6.07, 6.45) is 0. The Hall–Kier alpha value is -2.12. The largest absolute Gasteiger partial charge is 0.497 e. The fourth-order valence-electron chi connectivity index (χ4n) is 2.36. The molecule has 1 aromatic heterocycles. The van der Waals surface area contributed by atoms with Gasteiger partial charge in [0.2, 0.25) is 0 Å². The summed E-state index contributed by atoms with van der Waals surface area (Å²) in [6.45, 7) is 3.03. The van der Waals surface area contributed by atoms with Gasteiger partial charge < -0.3 is 14.6 Å². The van der Waals surface area contributed by atoms with Gasteiger partial charge in [-0.05, 0) is 20.0 Å². The summed E-state index contributed by atoms with van der Waals surface area (Å²) in [5, 5.41) is 12.5. The Kier molecular flexibility index (Phi) is 5.57. The SMILES string of the molecule is COc1cc(OC)c(CN(C)Cc2csc(C)n2)c(C(=O)O)c1. The molecule has 0 spiro atoms. The van der Waals surface area contributed by atoms with E-state index >= 15 is 0 Å². The first kappa shape index (κ1) is 17.2. The van der Waals surface area contributed by atoms with E-state index in [1.165, 1.54) is 20.3 Å². The van der Waals surface area contributed by atoms with Crippen LogP contribution in [0.1, 0.15) is 26.6 Å². The number of hydrogen-bond donors (Lipinski definition) is 1. The van der Waals surface area contributed by atoms with Gasteiger partial charge in [0.1, 0.15) is 11.5 Å². The molecule has 0 saturated heterocycles. The van der Waals surface area contributed by atoms with E-state index in [1.807, 2.05) is 24.3 Å². The van der Waals surface area contributed by atoms with Crippen LogP contribution < -0.4 is 9.47 Å². The Morgan fingerprint density at radius 2 is 2.04 bits per heavy atom. The zero-order valence-corrected chi connectivity index (χ0v) is 14.4. The van der Waals surface area contributed by atoms with Crippen molar-refractivity contribution >= 4 is 17.3 Å². The number of aryl methyl sites for hydroxylation is 1. The third-order valence-corrected chi connectivity index (χ3v) is 4.22. The smallest absolute Gasteiger partial charge is 0.336 e. The number of ether oxygens (including phenoxy) is 2. The fraction of sp³-hybridized carbons (Fsp3) is 0.375. The highest BCUT2D eigenvalue weighted by Gasteiger charge is 2.19. The van der Waals surface area contributed by atoms with Crippen molar-refractivity contribution in [3.05, 3.63) is 39.3 Å². The van der Waals surface area contributed by atoms with Gasteiger partial charge in [0, 0.05) is 30.1 Å². The van der Waals surface area contributed by atoms with E-state index in [1.54, 1.807) is 17.4 Å². The molecule has 0 radical (unpaired) electrons. The third-order valence-electron chi connectivity index (χ3n) is 3.40. The standard InChI is InChI=1S/C16H20N2O4S/c1-10-17-11(9-23-10)7-18(2)8-14-13(16(19)20)5-12(21-3)6-15(14)22-4/h5-6,9H,7-8H2,1-4H3,(H,19,20). The number of thiazole rings is 1. The first-order chi connectivity index (χ1) is 10.9. The van der Waals surface area contributed by atoms with E-state index < -0.39 is 5.97 Å². The van der Waals surface area contributed by atoms with Crippen LogP contribution in [0.15, 0.2) is 17.5 Å². The molecular formula is C16H20N2O4S. The highest BCUT2D eigenvalue weighted by atomic mass is 32.1. The highest BCUT2D eigenvalue weighted by Crippen LogP contribution is 2.30. The molecule has 0 aliphatic carbocycles. The predicted molar refractivity (Wildman–Crippen MR) is 88.5 cm³/mol. The van der Waals surface area contributed by atoms with Crippen LogP contribution in [-0.2, 0) is 13.1 Å². The molecule has 0 unspecified atom stereocenters. The van der Waals surface area contributed by atoms with Crippen LogP contribution in [0.4, 0.5) is 0 Å². The molecule has 1 heterocycles. The van der Waals surface area contributed by atoms with Crippen molar-refractivity contribution < 1.29 is 19.4 Å². The molecule has 0 bridgehead atoms. The number of methoxy groups -OCH3 is 2. The lowest BCUT2D eigenvalue weighted by atomic mass is 10.0. The molecule has 1 aromatic carbocycles. The number of rotatable bonds is 7. The van der Waals surface area contributed by atoms with E-state index in [0.717, 1.165) is 10.7 Å². The predicted octanol–water partition coefficient (Wildman–Crippen LogP) is 2.80. The van der Waals surface area contributed by atoms with Gasteiger partial charge in [-0.3, -0.25) is 4.90 Å². The van der Waals surface area contributed by atoms with E-state index in [-0.39, 0.29) is 5.56 Å². The monoisotopic (exact) mass is 336 g/mol. The van der Waals surface area contributed by atoms with Crippen LogP contribution in [-0.4, -0.2) is 42.2 Å². The molecule has 0 amide bonds. The summed E-state index contributed by atoms with van der Waals surface area (Å²) in [6, 6.07) is 3.21. The second-order valence-electron chi connectivity index (χ2n) is 5.19. The van der Waals surface area contributed by atoms with E-state index in [9.17, 15) is 9.90 Å². The first-order valence-electron chi connectivity index (χ1n) is 7.02.